The maximum Gasteiger partial charge on any atom is 0.133 e. The predicted octanol–water partition coefficient (Wildman–Crippen LogP) is 5.20. The lowest BCUT2D eigenvalue weighted by Crippen LogP contribution is -1.92. The minimum Gasteiger partial charge on any atom is -0.508 e. The van der Waals surface area contributed by atoms with Gasteiger partial charge < -0.3 is 29.2 Å². The van der Waals surface area contributed by atoms with Crippen molar-refractivity contribution in [1.82, 2.24) is 0 Å². The van der Waals surface area contributed by atoms with Gasteiger partial charge in [0, 0.05) is 29.4 Å². The second-order valence-corrected chi connectivity index (χ2v) is 7.74. The number of hydrogen-bond acceptors (Lipinski definition) is 8. The van der Waals surface area contributed by atoms with Crippen LogP contribution in [0.5, 0.6) is 34.5 Å². The number of hydrogen-bond donors (Lipinski definition) is 2. The van der Waals surface area contributed by atoms with Gasteiger partial charge in [0.2, 0.25) is 0 Å². The van der Waals surface area contributed by atoms with Crippen molar-refractivity contribution in [1.29, 1.82) is 0 Å². The van der Waals surface area contributed by atoms with Crippen LogP contribution in [0.4, 0.5) is 0 Å². The van der Waals surface area contributed by atoms with Crippen LogP contribution in [0.2, 0.25) is 0 Å². The van der Waals surface area contributed by atoms with Gasteiger partial charge in [-0.2, -0.15) is 0 Å². The molecule has 2 aromatic rings. The zero-order valence-corrected chi connectivity index (χ0v) is 18.3. The molecule has 0 aliphatic carbocycles. The maximum absolute atomic E-state index is 9.70. The number of phenolic OH excluding ortho intramolecular Hbond substituents is 2. The Morgan fingerprint density at radius 1 is 0.655 bits per heavy atom. The molecule has 0 aromatic heterocycles. The summed E-state index contributed by atoms with van der Waals surface area (Å²) in [5.74, 6) is 2.33. The average molecular weight is 437 g/mol. The van der Waals surface area contributed by atoms with Gasteiger partial charge in [0.25, 0.3) is 0 Å². The molecule has 8 heteroatoms. The summed E-state index contributed by atoms with van der Waals surface area (Å²) in [5, 5.41) is 24.1. The molecule has 6 nitrogen and oxygen atoms in total. The molecule has 2 N–H and O–H groups in total. The number of aromatic hydroxyl groups is 2. The molecule has 0 atom stereocenters. The Balaban J connectivity index is 1.98. The highest BCUT2D eigenvalue weighted by Crippen LogP contribution is 2.36. The lowest BCUT2D eigenvalue weighted by molar-refractivity contribution is 0.383. The van der Waals surface area contributed by atoms with Crippen molar-refractivity contribution in [3.05, 3.63) is 46.2 Å². The Morgan fingerprint density at radius 2 is 0.966 bits per heavy atom. The molecule has 0 aliphatic rings. The summed E-state index contributed by atoms with van der Waals surface area (Å²) in [6, 6.07) is 6.18. The van der Waals surface area contributed by atoms with Gasteiger partial charge >= 0.3 is 0 Å². The summed E-state index contributed by atoms with van der Waals surface area (Å²) in [6.45, 7) is 0. The molecule has 0 saturated carbocycles. The summed E-state index contributed by atoms with van der Waals surface area (Å²) < 4.78 is 21.2. The molecule has 0 bridgehead atoms. The largest absolute Gasteiger partial charge is 0.508 e. The molecule has 0 heterocycles. The number of ether oxygens (including phenoxy) is 4. The topological polar surface area (TPSA) is 77.4 Å². The molecule has 0 aliphatic heterocycles. The predicted molar refractivity (Wildman–Crippen MR) is 121 cm³/mol. The Bertz CT molecular complexity index is 758. The molecular weight excluding hydrogens is 412 g/mol. The van der Waals surface area contributed by atoms with Crippen LogP contribution in [0.1, 0.15) is 11.1 Å². The van der Waals surface area contributed by atoms with Crippen molar-refractivity contribution in [2.45, 2.75) is 0 Å². The lowest BCUT2D eigenvalue weighted by Gasteiger charge is -2.11. The minimum atomic E-state index is 0.0873. The van der Waals surface area contributed by atoms with Crippen molar-refractivity contribution in [2.75, 3.05) is 33.5 Å². The zero-order chi connectivity index (χ0) is 21.2. The lowest BCUT2D eigenvalue weighted by atomic mass is 10.1. The molecule has 29 heavy (non-hydrogen) atoms. The van der Waals surface area contributed by atoms with Gasteiger partial charge in [0.1, 0.15) is 34.5 Å². The van der Waals surface area contributed by atoms with Crippen molar-refractivity contribution >= 4 is 35.7 Å². The highest BCUT2D eigenvalue weighted by atomic mass is 32.2. The number of methoxy groups -OCH3 is 4. The van der Waals surface area contributed by atoms with Crippen LogP contribution >= 0.6 is 23.5 Å². The molecule has 0 radical (unpaired) electrons. The number of rotatable bonds is 10. The number of phenols is 2. The van der Waals surface area contributed by atoms with Gasteiger partial charge in [-0.1, -0.05) is 0 Å². The molecule has 156 valence electrons. The quantitative estimate of drug-likeness (QED) is 0.389. The SMILES string of the molecule is COc1cc(O)cc(OC)c1/C=C/SCS/C=C/c1c(OC)cc(O)cc1OC. The van der Waals surface area contributed by atoms with E-state index >= 15 is 0 Å². The van der Waals surface area contributed by atoms with E-state index in [0.29, 0.717) is 23.0 Å². The normalized spacial score (nSPS) is 11.2. The van der Waals surface area contributed by atoms with E-state index in [-0.39, 0.29) is 11.5 Å². The molecule has 0 unspecified atom stereocenters. The Labute approximate surface area is 179 Å². The molecule has 0 amide bonds. The fraction of sp³-hybridized carbons (Fsp3) is 0.238. The standard InChI is InChI=1S/C21H24O6S2/c1-24-18-9-14(22)10-19(25-2)16(18)5-7-28-13-29-8-6-17-20(26-3)11-15(23)12-21(17)27-4/h5-12,22-23H,13H2,1-4H3/b7-5+,8-6+. The first-order valence-electron chi connectivity index (χ1n) is 8.50. The van der Waals surface area contributed by atoms with Crippen LogP contribution in [-0.2, 0) is 0 Å². The highest BCUT2D eigenvalue weighted by Gasteiger charge is 2.10. The van der Waals surface area contributed by atoms with Crippen LogP contribution < -0.4 is 18.9 Å². The van der Waals surface area contributed by atoms with Gasteiger partial charge in [-0.25, -0.2) is 0 Å². The molecule has 0 saturated heterocycles. The summed E-state index contributed by atoms with van der Waals surface area (Å²) in [7, 11) is 6.19. The summed E-state index contributed by atoms with van der Waals surface area (Å²) in [4.78, 5) is 0. The first-order valence-corrected chi connectivity index (χ1v) is 10.6. The molecule has 2 rings (SSSR count). The Morgan fingerprint density at radius 3 is 1.24 bits per heavy atom. The van der Waals surface area contributed by atoms with Crippen molar-refractivity contribution in [3.8, 4) is 34.5 Å². The van der Waals surface area contributed by atoms with Gasteiger partial charge in [-0.15, -0.1) is 23.5 Å². The highest BCUT2D eigenvalue weighted by molar-refractivity contribution is 8.18. The minimum absolute atomic E-state index is 0.0873. The monoisotopic (exact) mass is 436 g/mol. The molecular formula is C21H24O6S2. The van der Waals surface area contributed by atoms with E-state index in [1.54, 1.807) is 76.2 Å². The van der Waals surface area contributed by atoms with Crippen LogP contribution in [0.25, 0.3) is 12.2 Å². The van der Waals surface area contributed by atoms with Gasteiger partial charge in [0.15, 0.2) is 0 Å². The van der Waals surface area contributed by atoms with Crippen molar-refractivity contribution in [2.24, 2.45) is 0 Å². The first kappa shape index (κ1) is 22.7. The maximum atomic E-state index is 9.70. The number of benzene rings is 2. The van der Waals surface area contributed by atoms with Crippen LogP contribution in [-0.4, -0.2) is 43.7 Å². The van der Waals surface area contributed by atoms with Crippen molar-refractivity contribution in [3.63, 3.8) is 0 Å². The molecule has 0 spiro atoms. The summed E-state index contributed by atoms with van der Waals surface area (Å²) in [5.41, 5.74) is 1.53. The van der Waals surface area contributed by atoms with Gasteiger partial charge in [-0.3, -0.25) is 0 Å². The first-order chi connectivity index (χ1) is 14.0. The number of thioether (sulfide) groups is 2. The molecule has 2 aromatic carbocycles. The fourth-order valence-corrected chi connectivity index (χ4v) is 3.94. The van der Waals surface area contributed by atoms with Crippen LogP contribution in [0.15, 0.2) is 35.1 Å². The van der Waals surface area contributed by atoms with E-state index in [9.17, 15) is 10.2 Å². The van der Waals surface area contributed by atoms with E-state index in [1.807, 2.05) is 23.0 Å². The average Bonchev–Trinajstić information content (AvgIpc) is 2.73. The van der Waals surface area contributed by atoms with Gasteiger partial charge in [-0.05, 0) is 23.0 Å². The van der Waals surface area contributed by atoms with E-state index < -0.39 is 0 Å². The third kappa shape index (κ3) is 6.20. The molecule has 0 fully saturated rings. The third-order valence-electron chi connectivity index (χ3n) is 3.86. The fourth-order valence-electron chi connectivity index (χ4n) is 2.53. The van der Waals surface area contributed by atoms with E-state index in [4.69, 9.17) is 18.9 Å². The zero-order valence-electron chi connectivity index (χ0n) is 16.7. The summed E-state index contributed by atoms with van der Waals surface area (Å²) in [6.07, 6.45) is 3.77. The van der Waals surface area contributed by atoms with E-state index in [0.717, 1.165) is 16.2 Å². The Hall–Kier alpha value is -2.58. The second-order valence-electron chi connectivity index (χ2n) is 5.58. The van der Waals surface area contributed by atoms with Crippen LogP contribution in [0, 0.1) is 0 Å². The summed E-state index contributed by atoms with van der Waals surface area (Å²) >= 11 is 3.21. The Kier molecular flexibility index (Phi) is 8.95. The third-order valence-corrected chi connectivity index (χ3v) is 5.60. The smallest absolute Gasteiger partial charge is 0.133 e. The second kappa shape index (κ2) is 11.4. The van der Waals surface area contributed by atoms with Crippen molar-refractivity contribution < 1.29 is 29.2 Å². The van der Waals surface area contributed by atoms with Gasteiger partial charge in [0.05, 0.1) is 39.6 Å². The van der Waals surface area contributed by atoms with E-state index in [2.05, 4.69) is 0 Å². The van der Waals surface area contributed by atoms with Crippen LogP contribution in [0.3, 0.4) is 0 Å². The van der Waals surface area contributed by atoms with E-state index in [1.165, 1.54) is 0 Å².